The van der Waals surface area contributed by atoms with E-state index in [4.69, 9.17) is 5.11 Å². The van der Waals surface area contributed by atoms with E-state index in [9.17, 15) is 4.79 Å². The highest BCUT2D eigenvalue weighted by molar-refractivity contribution is 7.99. The van der Waals surface area contributed by atoms with E-state index < -0.39 is 5.97 Å². The molecule has 0 spiro atoms. The predicted molar refractivity (Wildman–Crippen MR) is 71.0 cm³/mol. The second-order valence-corrected chi connectivity index (χ2v) is 5.32. The van der Waals surface area contributed by atoms with Crippen LogP contribution in [0.25, 0.3) is 11.5 Å². The summed E-state index contributed by atoms with van der Waals surface area (Å²) >= 11 is 1.16. The Balaban J connectivity index is 2.37. The normalized spacial score (nSPS) is 11.2. The zero-order valence-corrected chi connectivity index (χ0v) is 11.8. The molecule has 0 bridgehead atoms. The van der Waals surface area contributed by atoms with Crippen molar-refractivity contribution < 1.29 is 9.90 Å². The Kier molecular flexibility index (Phi) is 3.89. The van der Waals surface area contributed by atoms with E-state index in [1.54, 1.807) is 6.33 Å². The molecule has 1 N–H and O–H groups in total. The summed E-state index contributed by atoms with van der Waals surface area (Å²) in [5, 5.41) is 17.5. The Morgan fingerprint density at radius 1 is 1.47 bits per heavy atom. The SMILES string of the molecule is CC(C)n1c(SCC(=O)O)nnc1-c1cn(C)cn1. The van der Waals surface area contributed by atoms with Gasteiger partial charge in [-0.15, -0.1) is 10.2 Å². The van der Waals surface area contributed by atoms with Gasteiger partial charge in [-0.3, -0.25) is 9.36 Å². The van der Waals surface area contributed by atoms with Gasteiger partial charge in [0, 0.05) is 19.3 Å². The zero-order chi connectivity index (χ0) is 14.0. The van der Waals surface area contributed by atoms with Gasteiger partial charge in [0.1, 0.15) is 5.69 Å². The van der Waals surface area contributed by atoms with Crippen molar-refractivity contribution in [2.45, 2.75) is 25.0 Å². The van der Waals surface area contributed by atoms with Crippen LogP contribution in [0.15, 0.2) is 17.7 Å². The Hall–Kier alpha value is -1.83. The first kappa shape index (κ1) is 13.6. The molecule has 2 rings (SSSR count). The van der Waals surface area contributed by atoms with E-state index in [1.807, 2.05) is 36.2 Å². The molecular weight excluding hydrogens is 266 g/mol. The Morgan fingerprint density at radius 3 is 2.74 bits per heavy atom. The number of aryl methyl sites for hydroxylation is 1. The quantitative estimate of drug-likeness (QED) is 0.834. The molecule has 0 saturated heterocycles. The monoisotopic (exact) mass is 281 g/mol. The third-order valence-electron chi connectivity index (χ3n) is 2.44. The van der Waals surface area contributed by atoms with Crippen molar-refractivity contribution in [1.29, 1.82) is 0 Å². The van der Waals surface area contributed by atoms with Crippen LogP contribution in [0, 0.1) is 0 Å². The van der Waals surface area contributed by atoms with E-state index in [0.29, 0.717) is 11.0 Å². The molecule has 2 heterocycles. The second kappa shape index (κ2) is 5.43. The van der Waals surface area contributed by atoms with Crippen LogP contribution in [-0.4, -0.2) is 41.1 Å². The van der Waals surface area contributed by atoms with Crippen LogP contribution in [0.4, 0.5) is 0 Å². The third-order valence-corrected chi connectivity index (χ3v) is 3.37. The average molecular weight is 281 g/mol. The van der Waals surface area contributed by atoms with Crippen molar-refractivity contribution >= 4 is 17.7 Å². The molecule has 0 unspecified atom stereocenters. The molecule has 0 amide bonds. The van der Waals surface area contributed by atoms with Crippen molar-refractivity contribution in [3.63, 3.8) is 0 Å². The maximum Gasteiger partial charge on any atom is 0.313 e. The van der Waals surface area contributed by atoms with Gasteiger partial charge < -0.3 is 9.67 Å². The number of imidazole rings is 1. The van der Waals surface area contributed by atoms with E-state index >= 15 is 0 Å². The maximum absolute atomic E-state index is 10.6. The summed E-state index contributed by atoms with van der Waals surface area (Å²) in [5.74, 6) is -0.251. The molecule has 0 radical (unpaired) electrons. The number of aliphatic carboxylic acids is 1. The lowest BCUT2D eigenvalue weighted by molar-refractivity contribution is -0.133. The number of rotatable bonds is 5. The molecule has 0 aromatic carbocycles. The van der Waals surface area contributed by atoms with Crippen LogP contribution in [0.2, 0.25) is 0 Å². The van der Waals surface area contributed by atoms with Gasteiger partial charge in [0.2, 0.25) is 0 Å². The highest BCUT2D eigenvalue weighted by atomic mass is 32.2. The molecule has 0 aliphatic heterocycles. The number of thioether (sulfide) groups is 1. The van der Waals surface area contributed by atoms with E-state index in [1.165, 1.54) is 0 Å². The molecule has 0 fully saturated rings. The van der Waals surface area contributed by atoms with Crippen molar-refractivity contribution in [2.24, 2.45) is 7.05 Å². The summed E-state index contributed by atoms with van der Waals surface area (Å²) < 4.78 is 3.73. The molecule has 102 valence electrons. The Bertz CT molecular complexity index is 590. The van der Waals surface area contributed by atoms with Gasteiger partial charge in [-0.25, -0.2) is 4.98 Å². The fraction of sp³-hybridized carbons (Fsp3) is 0.455. The summed E-state index contributed by atoms with van der Waals surface area (Å²) in [5.41, 5.74) is 0.728. The molecule has 2 aromatic rings. The number of hydrogen-bond acceptors (Lipinski definition) is 5. The maximum atomic E-state index is 10.6. The summed E-state index contributed by atoms with van der Waals surface area (Å²) in [6.45, 7) is 4.00. The molecule has 0 atom stereocenters. The van der Waals surface area contributed by atoms with Gasteiger partial charge in [0.25, 0.3) is 0 Å². The van der Waals surface area contributed by atoms with Gasteiger partial charge in [-0.1, -0.05) is 11.8 Å². The van der Waals surface area contributed by atoms with Gasteiger partial charge in [-0.05, 0) is 13.8 Å². The van der Waals surface area contributed by atoms with Crippen LogP contribution >= 0.6 is 11.8 Å². The highest BCUT2D eigenvalue weighted by Crippen LogP contribution is 2.26. The minimum Gasteiger partial charge on any atom is -0.481 e. The highest BCUT2D eigenvalue weighted by Gasteiger charge is 2.18. The summed E-state index contributed by atoms with van der Waals surface area (Å²) in [7, 11) is 1.88. The number of carboxylic acid groups (broad SMARTS) is 1. The van der Waals surface area contributed by atoms with E-state index in [-0.39, 0.29) is 11.8 Å². The zero-order valence-electron chi connectivity index (χ0n) is 10.9. The van der Waals surface area contributed by atoms with Crippen LogP contribution < -0.4 is 0 Å². The molecule has 0 aliphatic rings. The van der Waals surface area contributed by atoms with Crippen LogP contribution in [-0.2, 0) is 11.8 Å². The number of nitrogens with zero attached hydrogens (tertiary/aromatic N) is 5. The van der Waals surface area contributed by atoms with Crippen molar-refractivity contribution in [1.82, 2.24) is 24.3 Å². The molecule has 0 saturated carbocycles. The second-order valence-electron chi connectivity index (χ2n) is 4.38. The molecule has 19 heavy (non-hydrogen) atoms. The minimum atomic E-state index is -0.873. The predicted octanol–water partition coefficient (Wildman–Crippen LogP) is 1.44. The first-order valence-electron chi connectivity index (χ1n) is 5.77. The summed E-state index contributed by atoms with van der Waals surface area (Å²) in [6, 6.07) is 0.128. The van der Waals surface area contributed by atoms with Crippen molar-refractivity contribution in [3.05, 3.63) is 12.5 Å². The van der Waals surface area contributed by atoms with Gasteiger partial charge >= 0.3 is 5.97 Å². The summed E-state index contributed by atoms with van der Waals surface area (Å²) in [6.07, 6.45) is 3.55. The fourth-order valence-corrected chi connectivity index (χ4v) is 2.46. The largest absolute Gasteiger partial charge is 0.481 e. The van der Waals surface area contributed by atoms with E-state index in [2.05, 4.69) is 15.2 Å². The van der Waals surface area contributed by atoms with Crippen molar-refractivity contribution in [2.75, 3.05) is 5.75 Å². The fourth-order valence-electron chi connectivity index (χ4n) is 1.67. The Morgan fingerprint density at radius 2 is 2.21 bits per heavy atom. The molecule has 0 aliphatic carbocycles. The molecule has 8 heteroatoms. The van der Waals surface area contributed by atoms with Crippen LogP contribution in [0.5, 0.6) is 0 Å². The Labute approximate surface area is 114 Å². The first-order chi connectivity index (χ1) is 8.99. The minimum absolute atomic E-state index is 0.0347. The molecule has 7 nitrogen and oxygen atoms in total. The van der Waals surface area contributed by atoms with Crippen LogP contribution in [0.1, 0.15) is 19.9 Å². The topological polar surface area (TPSA) is 85.8 Å². The van der Waals surface area contributed by atoms with Crippen LogP contribution in [0.3, 0.4) is 0 Å². The number of carboxylic acids is 1. The lowest BCUT2D eigenvalue weighted by Crippen LogP contribution is -2.07. The molecule has 2 aromatic heterocycles. The standard InChI is InChI=1S/C11H15N5O2S/c1-7(2)16-10(8-4-15(3)6-12-8)13-14-11(16)19-5-9(17)18/h4,6-7H,5H2,1-3H3,(H,17,18). The third kappa shape index (κ3) is 2.95. The first-order valence-corrected chi connectivity index (χ1v) is 6.75. The van der Waals surface area contributed by atoms with Gasteiger partial charge in [-0.2, -0.15) is 0 Å². The van der Waals surface area contributed by atoms with E-state index in [0.717, 1.165) is 17.5 Å². The van der Waals surface area contributed by atoms with Gasteiger partial charge in [0.15, 0.2) is 11.0 Å². The number of aromatic nitrogens is 5. The summed E-state index contributed by atoms with van der Waals surface area (Å²) in [4.78, 5) is 14.9. The number of carbonyl (C=O) groups is 1. The average Bonchev–Trinajstić information content (AvgIpc) is 2.91. The lowest BCUT2D eigenvalue weighted by atomic mass is 10.3. The van der Waals surface area contributed by atoms with Crippen molar-refractivity contribution in [3.8, 4) is 11.5 Å². The smallest absolute Gasteiger partial charge is 0.313 e. The van der Waals surface area contributed by atoms with Gasteiger partial charge in [0.05, 0.1) is 12.1 Å². The molecular formula is C11H15N5O2S. The lowest BCUT2D eigenvalue weighted by Gasteiger charge is -2.11. The number of hydrogen-bond donors (Lipinski definition) is 1.